The third-order valence-electron chi connectivity index (χ3n) is 6.11. The monoisotopic (exact) mass is 441 g/mol. The minimum Gasteiger partial charge on any atom is -0.508 e. The van der Waals surface area contributed by atoms with Crippen LogP contribution in [-0.2, 0) is 22.6 Å². The van der Waals surface area contributed by atoms with Crippen LogP contribution < -0.4 is 4.74 Å². The highest BCUT2D eigenvalue weighted by atomic mass is 16.5. The Morgan fingerprint density at radius 1 is 1.03 bits per heavy atom. The van der Waals surface area contributed by atoms with Gasteiger partial charge in [-0.1, -0.05) is 42.5 Å². The zero-order chi connectivity index (χ0) is 23.1. The third-order valence-corrected chi connectivity index (χ3v) is 6.11. The van der Waals surface area contributed by atoms with Crippen LogP contribution in [0.25, 0.3) is 5.76 Å². The predicted octanol–water partition coefficient (Wildman–Crippen LogP) is 4.34. The summed E-state index contributed by atoms with van der Waals surface area (Å²) in [5.74, 6) is -0.780. The summed E-state index contributed by atoms with van der Waals surface area (Å²) in [4.78, 5) is 27.7. The molecule has 0 aliphatic carbocycles. The zero-order valence-corrected chi connectivity index (χ0v) is 18.1. The maximum Gasteiger partial charge on any atom is 0.295 e. The molecule has 5 rings (SSSR count). The van der Waals surface area contributed by atoms with Gasteiger partial charge in [0.1, 0.15) is 23.4 Å². The van der Waals surface area contributed by atoms with Gasteiger partial charge in [-0.2, -0.15) is 0 Å². The molecule has 2 N–H and O–H groups in total. The molecule has 3 aromatic rings. The molecule has 2 aliphatic heterocycles. The molecule has 3 aromatic carbocycles. The highest BCUT2D eigenvalue weighted by Crippen LogP contribution is 2.41. The molecule has 1 saturated heterocycles. The Balaban J connectivity index is 1.62. The van der Waals surface area contributed by atoms with Gasteiger partial charge in [-0.05, 0) is 53.9 Å². The molecule has 2 aliphatic rings. The number of benzene rings is 3. The first kappa shape index (κ1) is 20.8. The molecule has 0 saturated carbocycles. The lowest BCUT2D eigenvalue weighted by atomic mass is 9.94. The number of hydrogen-bond acceptors (Lipinski definition) is 5. The topological polar surface area (TPSA) is 87.1 Å². The van der Waals surface area contributed by atoms with Crippen molar-refractivity contribution < 1.29 is 24.5 Å². The van der Waals surface area contributed by atoms with E-state index in [2.05, 4.69) is 0 Å². The van der Waals surface area contributed by atoms with E-state index in [1.807, 2.05) is 43.3 Å². The van der Waals surface area contributed by atoms with Crippen LogP contribution in [0.5, 0.6) is 11.5 Å². The Labute approximate surface area is 191 Å². The maximum atomic E-state index is 13.2. The van der Waals surface area contributed by atoms with E-state index in [-0.39, 0.29) is 29.7 Å². The second-order valence-corrected chi connectivity index (χ2v) is 8.46. The number of carbonyl (C=O) groups is 2. The molecule has 2 atom stereocenters. The van der Waals surface area contributed by atoms with Crippen molar-refractivity contribution in [3.63, 3.8) is 0 Å². The third kappa shape index (κ3) is 3.74. The van der Waals surface area contributed by atoms with E-state index in [9.17, 15) is 19.8 Å². The van der Waals surface area contributed by atoms with Crippen LogP contribution in [0.4, 0.5) is 0 Å². The van der Waals surface area contributed by atoms with Crippen molar-refractivity contribution in [3.05, 3.63) is 101 Å². The molecular weight excluding hydrogens is 418 g/mol. The van der Waals surface area contributed by atoms with E-state index in [0.29, 0.717) is 17.5 Å². The molecule has 6 heteroatoms. The first-order chi connectivity index (χ1) is 15.9. The SMILES string of the molecule is CC1Cc2cc(C(O)=C3C(=O)C(=O)N(Cc4ccccc4)C3c3ccc(O)cc3)ccc2O1. The van der Waals surface area contributed by atoms with E-state index in [0.717, 1.165) is 16.9 Å². The van der Waals surface area contributed by atoms with Gasteiger partial charge in [0.25, 0.3) is 11.7 Å². The maximum absolute atomic E-state index is 13.2. The summed E-state index contributed by atoms with van der Waals surface area (Å²) in [6, 6.07) is 20.2. The number of aliphatic hydroxyl groups is 1. The Morgan fingerprint density at radius 2 is 1.76 bits per heavy atom. The lowest BCUT2D eigenvalue weighted by Gasteiger charge is -2.25. The molecule has 0 aromatic heterocycles. The molecule has 166 valence electrons. The first-order valence-electron chi connectivity index (χ1n) is 10.8. The number of aliphatic hydroxyl groups excluding tert-OH is 1. The largest absolute Gasteiger partial charge is 0.508 e. The minimum absolute atomic E-state index is 0.0357. The molecule has 1 amide bonds. The van der Waals surface area contributed by atoms with E-state index in [1.54, 1.807) is 24.3 Å². The van der Waals surface area contributed by atoms with Crippen molar-refractivity contribution in [1.29, 1.82) is 0 Å². The second-order valence-electron chi connectivity index (χ2n) is 8.46. The van der Waals surface area contributed by atoms with Gasteiger partial charge in [-0.15, -0.1) is 0 Å². The molecule has 0 bridgehead atoms. The molecule has 6 nitrogen and oxygen atoms in total. The van der Waals surface area contributed by atoms with Crippen molar-refractivity contribution >= 4 is 17.4 Å². The summed E-state index contributed by atoms with van der Waals surface area (Å²) in [6.07, 6.45) is 0.756. The van der Waals surface area contributed by atoms with E-state index in [1.165, 1.54) is 17.0 Å². The average Bonchev–Trinajstić information content (AvgIpc) is 3.31. The fourth-order valence-corrected chi connectivity index (χ4v) is 4.55. The fraction of sp³-hybridized carbons (Fsp3) is 0.185. The number of amides is 1. The number of rotatable bonds is 4. The van der Waals surface area contributed by atoms with Gasteiger partial charge in [0, 0.05) is 18.5 Å². The number of hydrogen-bond donors (Lipinski definition) is 2. The Bertz CT molecular complexity index is 1260. The van der Waals surface area contributed by atoms with Gasteiger partial charge in [0.15, 0.2) is 0 Å². The number of carbonyl (C=O) groups excluding carboxylic acids is 2. The van der Waals surface area contributed by atoms with Crippen LogP contribution in [0.15, 0.2) is 78.4 Å². The van der Waals surface area contributed by atoms with Crippen LogP contribution in [0.1, 0.15) is 35.2 Å². The lowest BCUT2D eigenvalue weighted by molar-refractivity contribution is -0.140. The number of aromatic hydroxyl groups is 1. The normalized spacial score (nSPS) is 21.2. The molecular formula is C27H23NO5. The van der Waals surface area contributed by atoms with Crippen molar-refractivity contribution in [1.82, 2.24) is 4.90 Å². The summed E-state index contributed by atoms with van der Waals surface area (Å²) in [7, 11) is 0. The standard InChI is InChI=1S/C27H23NO5/c1-16-13-20-14-19(9-12-22(20)33-16)25(30)23-24(18-7-10-21(29)11-8-18)28(27(32)26(23)31)15-17-5-3-2-4-6-17/h2-12,14,16,24,29-30H,13,15H2,1H3. The summed E-state index contributed by atoms with van der Waals surface area (Å²) < 4.78 is 5.74. The Hall–Kier alpha value is -4.06. The summed E-state index contributed by atoms with van der Waals surface area (Å²) in [6.45, 7) is 2.18. The molecule has 2 unspecified atom stereocenters. The van der Waals surface area contributed by atoms with Crippen LogP contribution in [0, 0.1) is 0 Å². The van der Waals surface area contributed by atoms with Crippen LogP contribution in [0.2, 0.25) is 0 Å². The second kappa shape index (κ2) is 8.13. The van der Waals surface area contributed by atoms with Crippen molar-refractivity contribution in [3.8, 4) is 11.5 Å². The van der Waals surface area contributed by atoms with Gasteiger partial charge in [-0.25, -0.2) is 0 Å². The number of phenolic OH excluding ortho intramolecular Hbond substituents is 1. The molecule has 0 radical (unpaired) electrons. The van der Waals surface area contributed by atoms with Gasteiger partial charge in [0.05, 0.1) is 11.6 Å². The zero-order valence-electron chi connectivity index (χ0n) is 18.1. The van der Waals surface area contributed by atoms with Crippen molar-refractivity contribution in [2.45, 2.75) is 32.0 Å². The van der Waals surface area contributed by atoms with E-state index >= 15 is 0 Å². The molecule has 0 spiro atoms. The van der Waals surface area contributed by atoms with E-state index in [4.69, 9.17) is 4.74 Å². The van der Waals surface area contributed by atoms with Gasteiger partial charge in [0.2, 0.25) is 0 Å². The molecule has 1 fully saturated rings. The number of fused-ring (bicyclic) bond motifs is 1. The summed E-state index contributed by atoms with van der Waals surface area (Å²) >= 11 is 0. The number of Topliss-reactive ketones (excluding diaryl/α,β-unsaturated/α-hetero) is 1. The van der Waals surface area contributed by atoms with Crippen molar-refractivity contribution in [2.24, 2.45) is 0 Å². The average molecular weight is 441 g/mol. The number of phenols is 1. The number of ether oxygens (including phenoxy) is 1. The van der Waals surface area contributed by atoms with E-state index < -0.39 is 17.7 Å². The van der Waals surface area contributed by atoms with Crippen LogP contribution in [0.3, 0.4) is 0 Å². The van der Waals surface area contributed by atoms with Gasteiger partial charge >= 0.3 is 0 Å². The molecule has 33 heavy (non-hydrogen) atoms. The Morgan fingerprint density at radius 3 is 2.48 bits per heavy atom. The van der Waals surface area contributed by atoms with Gasteiger partial charge < -0.3 is 19.8 Å². The van der Waals surface area contributed by atoms with Crippen molar-refractivity contribution in [2.75, 3.05) is 0 Å². The highest BCUT2D eigenvalue weighted by Gasteiger charge is 2.46. The Kier molecular flexibility index (Phi) is 5.13. The first-order valence-corrected chi connectivity index (χ1v) is 10.8. The predicted molar refractivity (Wildman–Crippen MR) is 123 cm³/mol. The van der Waals surface area contributed by atoms with Crippen LogP contribution in [-0.4, -0.2) is 32.9 Å². The number of nitrogens with zero attached hydrogens (tertiary/aromatic N) is 1. The van der Waals surface area contributed by atoms with Gasteiger partial charge in [-0.3, -0.25) is 9.59 Å². The molecule has 2 heterocycles. The lowest BCUT2D eigenvalue weighted by Crippen LogP contribution is -2.29. The summed E-state index contributed by atoms with van der Waals surface area (Å²) in [5, 5.41) is 21.0. The fourth-order valence-electron chi connectivity index (χ4n) is 4.55. The quantitative estimate of drug-likeness (QED) is 0.357. The highest BCUT2D eigenvalue weighted by molar-refractivity contribution is 6.46. The van der Waals surface area contributed by atoms with Crippen LogP contribution >= 0.6 is 0 Å². The minimum atomic E-state index is -0.783. The summed E-state index contributed by atoms with van der Waals surface area (Å²) in [5.41, 5.74) is 2.95. The number of ketones is 1. The number of likely N-dealkylation sites (tertiary alicyclic amines) is 1. The smallest absolute Gasteiger partial charge is 0.295 e.